The Morgan fingerprint density at radius 2 is 1.64 bits per heavy atom. The fourth-order valence-electron chi connectivity index (χ4n) is 4.68. The summed E-state index contributed by atoms with van der Waals surface area (Å²) in [5, 5.41) is 2.54. The molecule has 1 saturated carbocycles. The molecule has 3 aromatic rings. The van der Waals surface area contributed by atoms with Gasteiger partial charge in [0.1, 0.15) is 0 Å². The molecule has 1 aliphatic carbocycles. The first-order valence-corrected chi connectivity index (χ1v) is 13.3. The number of nitrogens with one attached hydrogen (secondary N) is 1. The standard InChI is InChI=1S/C24H28ClN3O4S/c1-3-27-20-14-19(26-23(29)17-12-8-9-13-18(17)25)22(15-21(20)28(4-2)24(27)30)33(31,32)16-10-6-5-7-11-16/h8-9,12-16H,3-7,10-11H2,1-2H3,(H,26,29). The second kappa shape index (κ2) is 9.35. The zero-order valence-corrected chi connectivity index (χ0v) is 20.4. The van der Waals surface area contributed by atoms with Crippen molar-refractivity contribution in [1.29, 1.82) is 0 Å². The molecule has 4 rings (SSSR count). The van der Waals surface area contributed by atoms with Crippen LogP contribution in [0.3, 0.4) is 0 Å². The largest absolute Gasteiger partial charge is 0.329 e. The van der Waals surface area contributed by atoms with Crippen molar-refractivity contribution in [3.8, 4) is 0 Å². The molecule has 1 amide bonds. The third-order valence-electron chi connectivity index (χ3n) is 6.42. The van der Waals surface area contributed by atoms with Gasteiger partial charge in [-0.3, -0.25) is 13.9 Å². The maximum absolute atomic E-state index is 13.7. The first-order valence-electron chi connectivity index (χ1n) is 11.4. The molecule has 7 nitrogen and oxygen atoms in total. The average Bonchev–Trinajstić information content (AvgIpc) is 3.08. The van der Waals surface area contributed by atoms with Crippen molar-refractivity contribution in [2.24, 2.45) is 0 Å². The van der Waals surface area contributed by atoms with Crippen LogP contribution in [0.15, 0.2) is 46.1 Å². The minimum atomic E-state index is -3.73. The van der Waals surface area contributed by atoms with Crippen LogP contribution in [0.4, 0.5) is 5.69 Å². The molecular weight excluding hydrogens is 462 g/mol. The van der Waals surface area contributed by atoms with E-state index in [1.54, 1.807) is 45.5 Å². The molecule has 2 aromatic carbocycles. The van der Waals surface area contributed by atoms with E-state index >= 15 is 0 Å². The zero-order valence-electron chi connectivity index (χ0n) is 18.8. The zero-order chi connectivity index (χ0) is 23.8. The fraction of sp³-hybridized carbons (Fsp3) is 0.417. The number of sulfone groups is 1. The minimum Gasteiger partial charge on any atom is -0.321 e. The number of aromatic nitrogens is 2. The van der Waals surface area contributed by atoms with Gasteiger partial charge >= 0.3 is 5.69 Å². The highest BCUT2D eigenvalue weighted by Gasteiger charge is 2.32. The number of anilines is 1. The number of hydrogen-bond acceptors (Lipinski definition) is 4. The van der Waals surface area contributed by atoms with Crippen LogP contribution in [0.2, 0.25) is 5.02 Å². The summed E-state index contributed by atoms with van der Waals surface area (Å²) in [6.45, 7) is 4.55. The molecule has 1 aliphatic rings. The van der Waals surface area contributed by atoms with E-state index in [0.717, 1.165) is 19.3 Å². The van der Waals surface area contributed by atoms with Crippen molar-refractivity contribution in [1.82, 2.24) is 9.13 Å². The lowest BCUT2D eigenvalue weighted by Gasteiger charge is -2.23. The Morgan fingerprint density at radius 3 is 2.24 bits per heavy atom. The predicted octanol–water partition coefficient (Wildman–Crippen LogP) is 4.85. The molecule has 0 atom stereocenters. The minimum absolute atomic E-state index is 0.0535. The number of imidazole rings is 1. The van der Waals surface area contributed by atoms with Crippen molar-refractivity contribution in [2.75, 3.05) is 5.32 Å². The highest BCUT2D eigenvalue weighted by molar-refractivity contribution is 7.92. The van der Waals surface area contributed by atoms with Gasteiger partial charge in [0.15, 0.2) is 9.84 Å². The van der Waals surface area contributed by atoms with Crippen molar-refractivity contribution in [2.45, 2.75) is 69.2 Å². The second-order valence-electron chi connectivity index (χ2n) is 8.35. The van der Waals surface area contributed by atoms with Crippen LogP contribution >= 0.6 is 11.6 Å². The summed E-state index contributed by atoms with van der Waals surface area (Å²) in [6.07, 6.45) is 3.93. The summed E-state index contributed by atoms with van der Waals surface area (Å²) in [7, 11) is -3.73. The van der Waals surface area contributed by atoms with E-state index in [0.29, 0.717) is 37.0 Å². The number of rotatable bonds is 6. The van der Waals surface area contributed by atoms with Crippen molar-refractivity contribution in [3.05, 3.63) is 57.5 Å². The van der Waals surface area contributed by atoms with E-state index in [-0.39, 0.29) is 26.9 Å². The van der Waals surface area contributed by atoms with Gasteiger partial charge in [0.25, 0.3) is 5.91 Å². The monoisotopic (exact) mass is 489 g/mol. The molecule has 0 unspecified atom stereocenters. The number of carbonyl (C=O) groups excluding carboxylic acids is 1. The number of aryl methyl sites for hydroxylation is 2. The van der Waals surface area contributed by atoms with Gasteiger partial charge in [-0.05, 0) is 51.0 Å². The second-order valence-corrected chi connectivity index (χ2v) is 11.0. The van der Waals surface area contributed by atoms with Crippen molar-refractivity contribution >= 4 is 44.1 Å². The Bertz CT molecular complexity index is 1370. The van der Waals surface area contributed by atoms with Crippen molar-refractivity contribution < 1.29 is 13.2 Å². The molecule has 0 aliphatic heterocycles. The Labute approximate surface area is 198 Å². The molecule has 33 heavy (non-hydrogen) atoms. The lowest BCUT2D eigenvalue weighted by Crippen LogP contribution is -2.26. The number of halogens is 1. The number of fused-ring (bicyclic) bond motifs is 1. The lowest BCUT2D eigenvalue weighted by atomic mass is 10.0. The van der Waals surface area contributed by atoms with Gasteiger partial charge in [-0.25, -0.2) is 13.2 Å². The summed E-state index contributed by atoms with van der Waals surface area (Å²) in [5.41, 5.74) is 1.36. The topological polar surface area (TPSA) is 90.2 Å². The third-order valence-corrected chi connectivity index (χ3v) is 9.05. The lowest BCUT2D eigenvalue weighted by molar-refractivity contribution is 0.102. The molecule has 1 N–H and O–H groups in total. The molecule has 0 bridgehead atoms. The van der Waals surface area contributed by atoms with Gasteiger partial charge in [0.2, 0.25) is 0 Å². The van der Waals surface area contributed by atoms with Crippen LogP contribution < -0.4 is 11.0 Å². The molecule has 0 saturated heterocycles. The summed E-state index contributed by atoms with van der Waals surface area (Å²) >= 11 is 6.19. The van der Waals surface area contributed by atoms with E-state index in [1.807, 2.05) is 13.8 Å². The quantitative estimate of drug-likeness (QED) is 0.535. The van der Waals surface area contributed by atoms with Crippen LogP contribution in [0.1, 0.15) is 56.3 Å². The smallest absolute Gasteiger partial charge is 0.321 e. The predicted molar refractivity (Wildman–Crippen MR) is 131 cm³/mol. The molecule has 1 heterocycles. The maximum Gasteiger partial charge on any atom is 0.329 e. The third kappa shape index (κ3) is 4.22. The van der Waals surface area contributed by atoms with Gasteiger partial charge in [-0.1, -0.05) is 43.0 Å². The fourth-order valence-corrected chi connectivity index (χ4v) is 6.90. The first kappa shape index (κ1) is 23.6. The number of amides is 1. The van der Waals surface area contributed by atoms with Gasteiger partial charge in [0.05, 0.1) is 37.5 Å². The van der Waals surface area contributed by atoms with E-state index < -0.39 is 21.0 Å². The summed E-state index contributed by atoms with van der Waals surface area (Å²) in [6, 6.07) is 9.77. The number of benzene rings is 2. The molecular formula is C24H28ClN3O4S. The number of carbonyl (C=O) groups is 1. The van der Waals surface area contributed by atoms with Crippen LogP contribution in [0.25, 0.3) is 11.0 Å². The van der Waals surface area contributed by atoms with Gasteiger partial charge in [-0.15, -0.1) is 0 Å². The Morgan fingerprint density at radius 1 is 1.03 bits per heavy atom. The van der Waals surface area contributed by atoms with E-state index in [9.17, 15) is 18.0 Å². The SMILES string of the molecule is CCn1c(=O)n(CC)c2cc(S(=O)(=O)C3CCCCC3)c(NC(=O)c3ccccc3Cl)cc21. The Balaban J connectivity index is 1.92. The molecule has 176 valence electrons. The van der Waals surface area contributed by atoms with Gasteiger partial charge in [0, 0.05) is 13.1 Å². The normalized spacial score (nSPS) is 15.1. The van der Waals surface area contributed by atoms with Crippen LogP contribution in [0.5, 0.6) is 0 Å². The van der Waals surface area contributed by atoms with Crippen LogP contribution in [-0.4, -0.2) is 28.7 Å². The summed E-state index contributed by atoms with van der Waals surface area (Å²) < 4.78 is 30.6. The van der Waals surface area contributed by atoms with Crippen LogP contribution in [-0.2, 0) is 22.9 Å². The highest BCUT2D eigenvalue weighted by atomic mass is 35.5. The molecule has 1 fully saturated rings. The molecule has 0 radical (unpaired) electrons. The maximum atomic E-state index is 13.7. The molecule has 0 spiro atoms. The average molecular weight is 490 g/mol. The van der Waals surface area contributed by atoms with E-state index in [1.165, 1.54) is 0 Å². The molecule has 1 aromatic heterocycles. The first-order chi connectivity index (χ1) is 15.8. The molecule has 9 heteroatoms. The van der Waals surface area contributed by atoms with E-state index in [2.05, 4.69) is 5.32 Å². The summed E-state index contributed by atoms with van der Waals surface area (Å²) in [5.74, 6) is -0.500. The highest BCUT2D eigenvalue weighted by Crippen LogP contribution is 2.35. The Kier molecular flexibility index (Phi) is 6.68. The Hall–Kier alpha value is -2.58. The van der Waals surface area contributed by atoms with Gasteiger partial charge < -0.3 is 5.32 Å². The van der Waals surface area contributed by atoms with Gasteiger partial charge in [-0.2, -0.15) is 0 Å². The van der Waals surface area contributed by atoms with Crippen molar-refractivity contribution in [3.63, 3.8) is 0 Å². The number of nitrogens with zero attached hydrogens (tertiary/aromatic N) is 2. The number of hydrogen-bond donors (Lipinski definition) is 1. The van der Waals surface area contributed by atoms with E-state index in [4.69, 9.17) is 11.6 Å². The summed E-state index contributed by atoms with van der Waals surface area (Å²) in [4.78, 5) is 26.0. The van der Waals surface area contributed by atoms with Crippen LogP contribution in [0, 0.1) is 0 Å².